The number of carbonyl (C=O) groups excluding carboxylic acids is 1. The van der Waals surface area contributed by atoms with Crippen molar-refractivity contribution < 1.29 is 4.79 Å². The first-order chi connectivity index (χ1) is 13.2. The molecular weight excluding hydrogens is 374 g/mol. The van der Waals surface area contributed by atoms with Gasteiger partial charge in [-0.05, 0) is 61.8 Å². The van der Waals surface area contributed by atoms with Crippen LogP contribution in [0.2, 0.25) is 0 Å². The molecule has 140 valence electrons. The molecule has 0 spiro atoms. The highest BCUT2D eigenvalue weighted by Gasteiger charge is 2.53. The number of aromatic nitrogens is 2. The first-order valence-electron chi connectivity index (χ1n) is 10.0. The quantitative estimate of drug-likeness (QED) is 0.747. The minimum atomic E-state index is 0.0239. The molecule has 2 aromatic rings. The van der Waals surface area contributed by atoms with E-state index in [0.29, 0.717) is 5.75 Å². The molecule has 4 nitrogen and oxygen atoms in total. The van der Waals surface area contributed by atoms with Gasteiger partial charge >= 0.3 is 0 Å². The number of thioether (sulfide) groups is 1. The Kier molecular flexibility index (Phi) is 3.71. The monoisotopic (exact) mass is 397 g/mol. The zero-order valence-corrected chi connectivity index (χ0v) is 16.8. The number of amides is 1. The SMILES string of the molecule is O=C1CS[C@@H](c2ccccc2)N1c1nnc(C23CC4CC(CC(C4)C2)C3)s1. The van der Waals surface area contributed by atoms with E-state index in [1.165, 1.54) is 49.1 Å². The maximum atomic E-state index is 12.7. The summed E-state index contributed by atoms with van der Waals surface area (Å²) in [7, 11) is 0. The largest absolute Gasteiger partial charge is 0.273 e. The lowest BCUT2D eigenvalue weighted by atomic mass is 9.50. The molecule has 1 amide bonds. The molecule has 7 rings (SSSR count). The van der Waals surface area contributed by atoms with Crippen LogP contribution in [-0.4, -0.2) is 21.9 Å². The predicted molar refractivity (Wildman–Crippen MR) is 109 cm³/mol. The summed E-state index contributed by atoms with van der Waals surface area (Å²) >= 11 is 3.38. The fourth-order valence-corrected chi connectivity index (χ4v) is 8.73. The number of hydrogen-bond donors (Lipinski definition) is 0. The second-order valence-corrected chi connectivity index (χ2v) is 10.9. The number of nitrogens with zero attached hydrogens (tertiary/aromatic N) is 3. The van der Waals surface area contributed by atoms with Crippen LogP contribution in [-0.2, 0) is 10.2 Å². The Labute approximate surface area is 167 Å². The number of benzene rings is 1. The predicted octanol–water partition coefficient (Wildman–Crippen LogP) is 4.78. The molecule has 0 N–H and O–H groups in total. The number of hydrogen-bond acceptors (Lipinski definition) is 5. The van der Waals surface area contributed by atoms with E-state index in [-0.39, 0.29) is 16.7 Å². The molecule has 0 unspecified atom stereocenters. The summed E-state index contributed by atoms with van der Waals surface area (Å²) in [5.41, 5.74) is 1.42. The Hall–Kier alpha value is -1.40. The van der Waals surface area contributed by atoms with Crippen LogP contribution in [0.1, 0.15) is 54.5 Å². The zero-order chi connectivity index (χ0) is 18.0. The molecule has 5 aliphatic rings. The van der Waals surface area contributed by atoms with Crippen molar-refractivity contribution in [3.05, 3.63) is 40.9 Å². The van der Waals surface area contributed by atoms with E-state index in [4.69, 9.17) is 0 Å². The standard InChI is InChI=1S/C21H23N3OS2/c25-17-12-26-18(16-4-2-1-3-5-16)24(17)20-23-22-19(27-20)21-9-13-6-14(10-21)8-15(7-13)11-21/h1-5,13-15,18H,6-12H2/t13?,14?,15?,18-,21?/m0/s1. The average Bonchev–Trinajstić information content (AvgIpc) is 3.28. The molecule has 4 bridgehead atoms. The molecule has 1 aliphatic heterocycles. The minimum absolute atomic E-state index is 0.0239. The Morgan fingerprint density at radius 2 is 1.63 bits per heavy atom. The van der Waals surface area contributed by atoms with Crippen LogP contribution in [0.25, 0.3) is 0 Å². The molecule has 1 atom stereocenters. The minimum Gasteiger partial charge on any atom is -0.273 e. The van der Waals surface area contributed by atoms with Gasteiger partial charge in [0, 0.05) is 5.41 Å². The Bertz CT molecular complexity index is 845. The molecule has 2 heterocycles. The van der Waals surface area contributed by atoms with E-state index < -0.39 is 0 Å². The van der Waals surface area contributed by atoms with Gasteiger partial charge in [0.1, 0.15) is 10.4 Å². The zero-order valence-electron chi connectivity index (χ0n) is 15.2. The van der Waals surface area contributed by atoms with Crippen molar-refractivity contribution in [2.75, 3.05) is 10.7 Å². The van der Waals surface area contributed by atoms with E-state index in [1.54, 1.807) is 23.1 Å². The van der Waals surface area contributed by atoms with Crippen molar-refractivity contribution in [2.45, 2.75) is 49.3 Å². The van der Waals surface area contributed by atoms with Crippen molar-refractivity contribution in [3.63, 3.8) is 0 Å². The van der Waals surface area contributed by atoms with E-state index in [1.807, 2.05) is 23.1 Å². The molecule has 27 heavy (non-hydrogen) atoms. The van der Waals surface area contributed by atoms with Crippen LogP contribution in [0.3, 0.4) is 0 Å². The second kappa shape index (κ2) is 6.05. The lowest BCUT2D eigenvalue weighted by Crippen LogP contribution is -2.48. The lowest BCUT2D eigenvalue weighted by molar-refractivity contribution is -0.115. The van der Waals surface area contributed by atoms with Crippen LogP contribution in [0.15, 0.2) is 30.3 Å². The second-order valence-electron chi connectivity index (χ2n) is 8.93. The van der Waals surface area contributed by atoms with Crippen LogP contribution in [0, 0.1) is 17.8 Å². The smallest absolute Gasteiger partial charge is 0.240 e. The summed E-state index contributed by atoms with van der Waals surface area (Å²) in [6, 6.07) is 10.3. The van der Waals surface area contributed by atoms with Crippen molar-refractivity contribution in [1.29, 1.82) is 0 Å². The van der Waals surface area contributed by atoms with Gasteiger partial charge in [0.15, 0.2) is 0 Å². The van der Waals surface area contributed by atoms with Gasteiger partial charge in [0.2, 0.25) is 11.0 Å². The van der Waals surface area contributed by atoms with Crippen molar-refractivity contribution in [1.82, 2.24) is 10.2 Å². The highest BCUT2D eigenvalue weighted by molar-refractivity contribution is 8.00. The molecule has 1 aromatic heterocycles. The summed E-state index contributed by atoms with van der Waals surface area (Å²) in [5, 5.41) is 11.2. The van der Waals surface area contributed by atoms with Crippen molar-refractivity contribution in [3.8, 4) is 0 Å². The third-order valence-corrected chi connectivity index (χ3v) is 9.45. The summed E-state index contributed by atoms with van der Waals surface area (Å²) in [6.07, 6.45) is 8.17. The molecule has 5 fully saturated rings. The Morgan fingerprint density at radius 1 is 0.963 bits per heavy atom. The summed E-state index contributed by atoms with van der Waals surface area (Å²) in [6.45, 7) is 0. The first-order valence-corrected chi connectivity index (χ1v) is 11.9. The third-order valence-electron chi connectivity index (χ3n) is 7.06. The molecule has 4 aliphatic carbocycles. The van der Waals surface area contributed by atoms with Crippen LogP contribution >= 0.6 is 23.1 Å². The summed E-state index contributed by atoms with van der Waals surface area (Å²) in [5.74, 6) is 3.35. The molecule has 6 heteroatoms. The van der Waals surface area contributed by atoms with Gasteiger partial charge in [-0.2, -0.15) is 0 Å². The first kappa shape index (κ1) is 16.5. The third kappa shape index (κ3) is 2.59. The number of anilines is 1. The molecule has 1 aromatic carbocycles. The van der Waals surface area contributed by atoms with E-state index in [9.17, 15) is 4.79 Å². The summed E-state index contributed by atoms with van der Waals surface area (Å²) < 4.78 is 0. The van der Waals surface area contributed by atoms with Gasteiger partial charge in [-0.25, -0.2) is 0 Å². The van der Waals surface area contributed by atoms with Crippen LogP contribution in [0.5, 0.6) is 0 Å². The fourth-order valence-electron chi connectivity index (χ4n) is 6.39. The van der Waals surface area contributed by atoms with Gasteiger partial charge in [-0.3, -0.25) is 9.69 Å². The number of carbonyl (C=O) groups is 1. The van der Waals surface area contributed by atoms with E-state index >= 15 is 0 Å². The van der Waals surface area contributed by atoms with Gasteiger partial charge in [0.25, 0.3) is 0 Å². The maximum Gasteiger partial charge on any atom is 0.240 e. The lowest BCUT2D eigenvalue weighted by Gasteiger charge is -2.55. The highest BCUT2D eigenvalue weighted by atomic mass is 32.2. The van der Waals surface area contributed by atoms with Crippen LogP contribution < -0.4 is 4.90 Å². The van der Waals surface area contributed by atoms with Gasteiger partial charge in [0.05, 0.1) is 5.75 Å². The van der Waals surface area contributed by atoms with Gasteiger partial charge in [-0.1, -0.05) is 41.7 Å². The van der Waals surface area contributed by atoms with E-state index in [2.05, 4.69) is 22.3 Å². The molecule has 0 radical (unpaired) electrons. The molecule has 1 saturated heterocycles. The normalized spacial score (nSPS) is 37.3. The topological polar surface area (TPSA) is 46.1 Å². The van der Waals surface area contributed by atoms with Gasteiger partial charge < -0.3 is 0 Å². The van der Waals surface area contributed by atoms with Gasteiger partial charge in [-0.15, -0.1) is 22.0 Å². The average molecular weight is 398 g/mol. The summed E-state index contributed by atoms with van der Waals surface area (Å²) in [4.78, 5) is 14.6. The molecular formula is C21H23N3OS2. The highest BCUT2D eigenvalue weighted by Crippen LogP contribution is 2.61. The Morgan fingerprint density at radius 3 is 2.30 bits per heavy atom. The van der Waals surface area contributed by atoms with E-state index in [0.717, 1.165) is 22.9 Å². The van der Waals surface area contributed by atoms with Crippen LogP contribution in [0.4, 0.5) is 5.13 Å². The molecule has 4 saturated carbocycles. The fraction of sp³-hybridized carbons (Fsp3) is 0.571. The Balaban J connectivity index is 1.34. The van der Waals surface area contributed by atoms with Crippen molar-refractivity contribution >= 4 is 34.1 Å². The number of rotatable bonds is 3. The maximum absolute atomic E-state index is 12.7. The van der Waals surface area contributed by atoms with Crippen molar-refractivity contribution in [2.24, 2.45) is 17.8 Å².